The second kappa shape index (κ2) is 10.7. The van der Waals surface area contributed by atoms with Gasteiger partial charge in [-0.15, -0.1) is 10.2 Å². The lowest BCUT2D eigenvalue weighted by Gasteiger charge is -2.12. The summed E-state index contributed by atoms with van der Waals surface area (Å²) in [5.74, 6) is 0.608. The lowest BCUT2D eigenvalue weighted by molar-refractivity contribution is 0.102. The van der Waals surface area contributed by atoms with E-state index >= 15 is 0 Å². The van der Waals surface area contributed by atoms with Crippen LogP contribution in [0.3, 0.4) is 0 Å². The summed E-state index contributed by atoms with van der Waals surface area (Å²) in [5, 5.41) is 10.2. The van der Waals surface area contributed by atoms with Crippen LogP contribution in [0.4, 0.5) is 5.13 Å². The van der Waals surface area contributed by atoms with Crippen molar-refractivity contribution < 1.29 is 22.7 Å². The number of anilines is 1. The van der Waals surface area contributed by atoms with Crippen LogP contribution in [0, 0.1) is 0 Å². The number of rotatable bonds is 10. The van der Waals surface area contributed by atoms with E-state index in [1.165, 1.54) is 0 Å². The normalized spacial score (nSPS) is 11.2. The zero-order valence-electron chi connectivity index (χ0n) is 17.3. The number of nitrogens with zero attached hydrogens (tertiary/aromatic N) is 2. The lowest BCUT2D eigenvalue weighted by atomic mass is 10.2. The summed E-state index contributed by atoms with van der Waals surface area (Å²) in [6.45, 7) is 4.66. The molecule has 2 aromatic carbocycles. The van der Waals surface area contributed by atoms with E-state index in [9.17, 15) is 13.2 Å². The van der Waals surface area contributed by atoms with Crippen LogP contribution >= 0.6 is 22.9 Å². The molecule has 0 aliphatic heterocycles. The molecule has 0 fully saturated rings. The molecule has 0 spiro atoms. The van der Waals surface area contributed by atoms with Crippen LogP contribution in [0.1, 0.15) is 29.8 Å². The first-order valence-corrected chi connectivity index (χ1v) is 12.3. The van der Waals surface area contributed by atoms with Crippen molar-refractivity contribution >= 4 is 44.0 Å². The number of aromatic nitrogens is 2. The lowest BCUT2D eigenvalue weighted by Crippen LogP contribution is -2.23. The van der Waals surface area contributed by atoms with E-state index in [1.54, 1.807) is 42.5 Å². The predicted octanol–water partition coefficient (Wildman–Crippen LogP) is 3.72. The third-order valence-corrected chi connectivity index (χ3v) is 6.99. The summed E-state index contributed by atoms with van der Waals surface area (Å²) < 4.78 is 38.5. The van der Waals surface area contributed by atoms with Crippen molar-refractivity contribution in [2.45, 2.75) is 24.7 Å². The minimum atomic E-state index is -3.95. The maximum atomic E-state index is 12.6. The maximum Gasteiger partial charge on any atom is 0.270 e. The number of carbonyl (C=O) groups is 1. The number of ether oxygens (including phenoxy) is 2. The van der Waals surface area contributed by atoms with Crippen molar-refractivity contribution in [1.29, 1.82) is 0 Å². The fraction of sp³-hybridized carbons (Fsp3) is 0.250. The minimum absolute atomic E-state index is 0.00963. The van der Waals surface area contributed by atoms with E-state index in [0.29, 0.717) is 30.3 Å². The van der Waals surface area contributed by atoms with E-state index in [1.807, 2.05) is 13.8 Å². The number of amides is 1. The van der Waals surface area contributed by atoms with Crippen LogP contribution in [0.2, 0.25) is 5.02 Å². The van der Waals surface area contributed by atoms with Crippen molar-refractivity contribution in [3.63, 3.8) is 0 Å². The van der Waals surface area contributed by atoms with Gasteiger partial charge in [-0.05, 0) is 43.7 Å². The first kappa shape index (κ1) is 23.9. The monoisotopic (exact) mass is 496 g/mol. The molecule has 1 amide bonds. The third kappa shape index (κ3) is 5.94. The molecular formula is C20H21ClN4O5S2. The molecule has 2 N–H and O–H groups in total. The van der Waals surface area contributed by atoms with Crippen LogP contribution in [0.15, 0.2) is 46.8 Å². The van der Waals surface area contributed by atoms with Crippen molar-refractivity contribution in [3.8, 4) is 11.5 Å². The Morgan fingerprint density at radius 2 is 1.78 bits per heavy atom. The Morgan fingerprint density at radius 3 is 2.50 bits per heavy atom. The van der Waals surface area contributed by atoms with Crippen LogP contribution in [-0.4, -0.2) is 37.7 Å². The maximum absolute atomic E-state index is 12.6. The van der Waals surface area contributed by atoms with E-state index in [2.05, 4.69) is 20.2 Å². The number of nitrogens with one attached hydrogen (secondary N) is 2. The zero-order chi connectivity index (χ0) is 23.1. The van der Waals surface area contributed by atoms with E-state index in [4.69, 9.17) is 21.1 Å². The molecular weight excluding hydrogens is 476 g/mol. The highest BCUT2D eigenvalue weighted by molar-refractivity contribution is 7.91. The number of sulfonamides is 1. The molecule has 32 heavy (non-hydrogen) atoms. The standard InChI is InChI=1S/C20H21ClN4O5S2/c1-3-29-16-10-9-13(11-17(16)30-4-2)12-22-32(27,28)20-25-24-19(31-20)23-18(26)14-7-5-6-8-15(14)21/h5-11,22H,3-4,12H2,1-2H3,(H,23,24,26). The van der Waals surface area contributed by atoms with Gasteiger partial charge in [-0.25, -0.2) is 13.1 Å². The van der Waals surface area contributed by atoms with Gasteiger partial charge in [-0.1, -0.05) is 41.1 Å². The quantitative estimate of drug-likeness (QED) is 0.410. The van der Waals surface area contributed by atoms with Gasteiger partial charge in [0.2, 0.25) is 9.47 Å². The first-order valence-electron chi connectivity index (χ1n) is 9.61. The second-order valence-electron chi connectivity index (χ2n) is 6.28. The Bertz CT molecular complexity index is 1200. The highest BCUT2D eigenvalue weighted by Crippen LogP contribution is 2.29. The van der Waals surface area contributed by atoms with Crippen molar-refractivity contribution in [2.75, 3.05) is 18.5 Å². The second-order valence-corrected chi connectivity index (χ2v) is 9.60. The molecule has 0 aliphatic rings. The SMILES string of the molecule is CCOc1ccc(CNS(=O)(=O)c2nnc(NC(=O)c3ccccc3Cl)s2)cc1OCC. The Labute approximate surface area is 194 Å². The van der Waals surface area contributed by atoms with E-state index in [0.717, 1.165) is 11.3 Å². The number of carbonyl (C=O) groups excluding carboxylic acids is 1. The van der Waals surface area contributed by atoms with Crippen molar-refractivity contribution in [1.82, 2.24) is 14.9 Å². The zero-order valence-corrected chi connectivity index (χ0v) is 19.7. The molecule has 3 rings (SSSR count). The molecule has 9 nitrogen and oxygen atoms in total. The topological polar surface area (TPSA) is 120 Å². The molecule has 0 bridgehead atoms. The Hall–Kier alpha value is -2.73. The number of hydrogen-bond donors (Lipinski definition) is 2. The third-order valence-electron chi connectivity index (χ3n) is 4.05. The summed E-state index contributed by atoms with van der Waals surface area (Å²) >= 11 is 6.74. The molecule has 1 aromatic heterocycles. The van der Waals surface area contributed by atoms with Crippen LogP contribution < -0.4 is 19.5 Å². The predicted molar refractivity (Wildman–Crippen MR) is 122 cm³/mol. The summed E-state index contributed by atoms with van der Waals surface area (Å²) in [5.41, 5.74) is 0.921. The summed E-state index contributed by atoms with van der Waals surface area (Å²) in [6.07, 6.45) is 0. The smallest absolute Gasteiger partial charge is 0.270 e. The van der Waals surface area contributed by atoms with Gasteiger partial charge in [0.15, 0.2) is 11.5 Å². The Morgan fingerprint density at radius 1 is 1.06 bits per heavy atom. The molecule has 3 aromatic rings. The molecule has 0 saturated heterocycles. The summed E-state index contributed by atoms with van der Waals surface area (Å²) in [4.78, 5) is 12.3. The number of benzene rings is 2. The Kier molecular flexibility index (Phi) is 8.02. The molecule has 0 radical (unpaired) electrons. The average Bonchev–Trinajstić information content (AvgIpc) is 3.24. The van der Waals surface area contributed by atoms with Gasteiger partial charge in [0.05, 0.1) is 23.8 Å². The fourth-order valence-electron chi connectivity index (χ4n) is 2.62. The minimum Gasteiger partial charge on any atom is -0.490 e. The van der Waals surface area contributed by atoms with Gasteiger partial charge in [0.1, 0.15) is 0 Å². The number of hydrogen-bond acceptors (Lipinski definition) is 8. The fourth-order valence-corrected chi connectivity index (χ4v) is 4.80. The summed E-state index contributed by atoms with van der Waals surface area (Å²) in [7, 11) is -3.95. The molecule has 0 aliphatic carbocycles. The van der Waals surface area contributed by atoms with Crippen molar-refractivity contribution in [2.24, 2.45) is 0 Å². The Balaban J connectivity index is 1.68. The molecule has 170 valence electrons. The van der Waals surface area contributed by atoms with Gasteiger partial charge >= 0.3 is 0 Å². The highest BCUT2D eigenvalue weighted by Gasteiger charge is 2.21. The van der Waals surface area contributed by atoms with Gasteiger partial charge < -0.3 is 9.47 Å². The first-order chi connectivity index (χ1) is 15.3. The van der Waals surface area contributed by atoms with Gasteiger partial charge in [-0.3, -0.25) is 10.1 Å². The van der Waals surface area contributed by atoms with Crippen LogP contribution in [0.5, 0.6) is 11.5 Å². The van der Waals surface area contributed by atoms with Gasteiger partial charge in [0, 0.05) is 6.54 Å². The molecule has 12 heteroatoms. The van der Waals surface area contributed by atoms with Gasteiger partial charge in [0.25, 0.3) is 15.9 Å². The molecule has 1 heterocycles. The van der Waals surface area contributed by atoms with Crippen LogP contribution in [0.25, 0.3) is 0 Å². The molecule has 0 unspecified atom stereocenters. The largest absolute Gasteiger partial charge is 0.490 e. The van der Waals surface area contributed by atoms with E-state index < -0.39 is 15.9 Å². The van der Waals surface area contributed by atoms with Crippen LogP contribution in [-0.2, 0) is 16.6 Å². The highest BCUT2D eigenvalue weighted by atomic mass is 35.5. The van der Waals surface area contributed by atoms with Gasteiger partial charge in [-0.2, -0.15) is 0 Å². The number of halogens is 1. The van der Waals surface area contributed by atoms with E-state index in [-0.39, 0.29) is 26.6 Å². The molecule has 0 saturated carbocycles. The summed E-state index contributed by atoms with van der Waals surface area (Å²) in [6, 6.07) is 11.7. The average molecular weight is 497 g/mol. The molecule has 0 atom stereocenters. The van der Waals surface area contributed by atoms with Crippen molar-refractivity contribution in [3.05, 3.63) is 58.6 Å².